The van der Waals surface area contributed by atoms with Crippen LogP contribution in [0.4, 0.5) is 11.6 Å². The van der Waals surface area contributed by atoms with Crippen molar-refractivity contribution in [3.63, 3.8) is 0 Å². The van der Waals surface area contributed by atoms with Crippen LogP contribution in [-0.4, -0.2) is 63.1 Å². The van der Waals surface area contributed by atoms with Crippen molar-refractivity contribution in [2.75, 3.05) is 36.8 Å². The molecule has 8 nitrogen and oxygen atoms in total. The average Bonchev–Trinajstić information content (AvgIpc) is 2.87. The molecule has 180 valence electrons. The van der Waals surface area contributed by atoms with Gasteiger partial charge in [0.05, 0.1) is 5.52 Å². The normalized spacial score (nSPS) is 13.9. The van der Waals surface area contributed by atoms with Crippen LogP contribution in [0.2, 0.25) is 0 Å². The molecule has 0 saturated heterocycles. The van der Waals surface area contributed by atoms with Crippen molar-refractivity contribution in [2.45, 2.75) is 51.5 Å². The number of nitrogens with one attached hydrogen (secondary N) is 2. The fraction of sp³-hybridized carbons (Fsp3) is 0.462. The Labute approximate surface area is 200 Å². The molecule has 1 aromatic carbocycles. The molecule has 0 radical (unpaired) electrons. The summed E-state index contributed by atoms with van der Waals surface area (Å²) in [5.41, 5.74) is 3.26. The number of nitrogens with zero attached hydrogens (tertiary/aromatic N) is 4. The largest absolute Gasteiger partial charge is 0.480 e. The summed E-state index contributed by atoms with van der Waals surface area (Å²) in [5.74, 6) is 0.751. The number of pyridine rings is 1. The number of carbonyl (C=O) groups is 1. The highest BCUT2D eigenvalue weighted by Crippen LogP contribution is 2.21. The average molecular weight is 463 g/mol. The molecule has 3 aromatic rings. The van der Waals surface area contributed by atoms with Gasteiger partial charge >= 0.3 is 5.97 Å². The van der Waals surface area contributed by atoms with Gasteiger partial charge < -0.3 is 20.6 Å². The second-order valence-electron chi connectivity index (χ2n) is 8.80. The summed E-state index contributed by atoms with van der Waals surface area (Å²) in [4.78, 5) is 27.6. The molecular weight excluding hydrogens is 428 g/mol. The number of benzene rings is 1. The molecule has 0 bridgehead atoms. The van der Waals surface area contributed by atoms with Crippen LogP contribution in [0.25, 0.3) is 10.9 Å². The van der Waals surface area contributed by atoms with Crippen LogP contribution in [0, 0.1) is 0 Å². The maximum Gasteiger partial charge on any atom is 0.326 e. The molecule has 3 heterocycles. The second-order valence-corrected chi connectivity index (χ2v) is 8.80. The van der Waals surface area contributed by atoms with Gasteiger partial charge in [0.25, 0.3) is 0 Å². The van der Waals surface area contributed by atoms with Crippen LogP contribution < -0.4 is 10.6 Å². The van der Waals surface area contributed by atoms with E-state index in [0.717, 1.165) is 67.7 Å². The third-order valence-corrected chi connectivity index (χ3v) is 6.44. The van der Waals surface area contributed by atoms with Crippen LogP contribution >= 0.6 is 0 Å². The van der Waals surface area contributed by atoms with E-state index in [1.54, 1.807) is 0 Å². The number of fused-ring (bicyclic) bond motifs is 2. The third-order valence-electron chi connectivity index (χ3n) is 6.44. The predicted molar refractivity (Wildman–Crippen MR) is 135 cm³/mol. The summed E-state index contributed by atoms with van der Waals surface area (Å²) in [6, 6.07) is 11.3. The van der Waals surface area contributed by atoms with Gasteiger partial charge in [0.15, 0.2) is 0 Å². The van der Waals surface area contributed by atoms with Crippen molar-refractivity contribution in [1.29, 1.82) is 0 Å². The topological polar surface area (TPSA) is 103 Å². The Morgan fingerprint density at radius 3 is 2.91 bits per heavy atom. The Bertz CT molecular complexity index is 1100. The smallest absolute Gasteiger partial charge is 0.326 e. The standard InChI is InChI=1S/C26H34N6O2/c1-2-32(16-6-5-9-20-13-12-19-8-7-15-27-24(19)30-20)17-14-23(26(33)34)31-25-21-10-3-4-11-22(21)28-18-29-25/h3-4,10-13,18,23H,2,5-9,14-17H2,1H3,(H,27,30)(H,33,34)(H,28,29,31)/t23-/m0/s1. The summed E-state index contributed by atoms with van der Waals surface area (Å²) >= 11 is 0. The lowest BCUT2D eigenvalue weighted by atomic mass is 10.1. The highest BCUT2D eigenvalue weighted by molar-refractivity contribution is 5.90. The lowest BCUT2D eigenvalue weighted by Crippen LogP contribution is -2.35. The highest BCUT2D eigenvalue weighted by Gasteiger charge is 2.20. The Hall–Kier alpha value is -3.26. The van der Waals surface area contributed by atoms with Crippen molar-refractivity contribution in [3.05, 3.63) is 54.0 Å². The number of para-hydroxylation sites is 1. The fourth-order valence-electron chi connectivity index (χ4n) is 4.43. The molecule has 0 amide bonds. The molecule has 3 N–H and O–H groups in total. The van der Waals surface area contributed by atoms with E-state index in [2.05, 4.69) is 44.6 Å². The SMILES string of the molecule is CCN(CCCCc1ccc2c(n1)NCCC2)CC[C@H](Nc1ncnc2ccccc12)C(=O)O. The van der Waals surface area contributed by atoms with E-state index in [4.69, 9.17) is 4.98 Å². The molecule has 34 heavy (non-hydrogen) atoms. The van der Waals surface area contributed by atoms with E-state index in [1.165, 1.54) is 18.3 Å². The number of anilines is 2. The number of aryl methyl sites for hydroxylation is 2. The number of hydrogen-bond acceptors (Lipinski definition) is 7. The number of carboxylic acid groups (broad SMARTS) is 1. The Morgan fingerprint density at radius 1 is 1.18 bits per heavy atom. The van der Waals surface area contributed by atoms with Crippen LogP contribution in [0.3, 0.4) is 0 Å². The zero-order valence-corrected chi connectivity index (χ0v) is 19.8. The van der Waals surface area contributed by atoms with Gasteiger partial charge in [-0.05, 0) is 75.4 Å². The number of carboxylic acids is 1. The van der Waals surface area contributed by atoms with Crippen LogP contribution in [0.1, 0.15) is 43.9 Å². The molecule has 4 rings (SSSR count). The quantitative estimate of drug-likeness (QED) is 0.347. The minimum Gasteiger partial charge on any atom is -0.480 e. The summed E-state index contributed by atoms with van der Waals surface area (Å²) < 4.78 is 0. The summed E-state index contributed by atoms with van der Waals surface area (Å²) in [5, 5.41) is 17.1. The van der Waals surface area contributed by atoms with Crippen molar-refractivity contribution < 1.29 is 9.90 Å². The zero-order chi connectivity index (χ0) is 23.8. The first-order chi connectivity index (χ1) is 16.6. The minimum atomic E-state index is -0.870. The van der Waals surface area contributed by atoms with Gasteiger partial charge in [-0.1, -0.05) is 25.1 Å². The van der Waals surface area contributed by atoms with Crippen LogP contribution in [-0.2, 0) is 17.6 Å². The van der Waals surface area contributed by atoms with Crippen molar-refractivity contribution in [1.82, 2.24) is 19.9 Å². The predicted octanol–water partition coefficient (Wildman–Crippen LogP) is 3.98. The first-order valence-corrected chi connectivity index (χ1v) is 12.3. The molecule has 1 aliphatic heterocycles. The molecule has 1 aliphatic rings. The van der Waals surface area contributed by atoms with Gasteiger partial charge in [0, 0.05) is 24.2 Å². The molecule has 0 fully saturated rings. The van der Waals surface area contributed by atoms with Gasteiger partial charge in [0.2, 0.25) is 0 Å². The number of unbranched alkanes of at least 4 members (excludes halogenated alkanes) is 1. The number of rotatable bonds is 12. The monoisotopic (exact) mass is 462 g/mol. The van der Waals surface area contributed by atoms with Gasteiger partial charge in [-0.2, -0.15) is 0 Å². The first-order valence-electron chi connectivity index (χ1n) is 12.3. The van der Waals surface area contributed by atoms with Gasteiger partial charge in [-0.3, -0.25) is 0 Å². The van der Waals surface area contributed by atoms with Crippen molar-refractivity contribution in [2.24, 2.45) is 0 Å². The number of hydrogen-bond donors (Lipinski definition) is 3. The molecule has 0 spiro atoms. The Morgan fingerprint density at radius 2 is 2.06 bits per heavy atom. The Kier molecular flexibility index (Phi) is 8.25. The van der Waals surface area contributed by atoms with E-state index in [9.17, 15) is 9.90 Å². The van der Waals surface area contributed by atoms with Gasteiger partial charge in [-0.15, -0.1) is 0 Å². The maximum absolute atomic E-state index is 11.9. The lowest BCUT2D eigenvalue weighted by molar-refractivity contribution is -0.138. The summed E-state index contributed by atoms with van der Waals surface area (Å²) in [6.07, 6.45) is 7.34. The first kappa shape index (κ1) is 23.9. The van der Waals surface area contributed by atoms with E-state index >= 15 is 0 Å². The fourth-order valence-corrected chi connectivity index (χ4v) is 4.43. The van der Waals surface area contributed by atoms with Crippen molar-refractivity contribution in [3.8, 4) is 0 Å². The second kappa shape index (κ2) is 11.7. The molecular formula is C26H34N6O2. The van der Waals surface area contributed by atoms with E-state index in [1.807, 2.05) is 24.3 Å². The highest BCUT2D eigenvalue weighted by atomic mass is 16.4. The van der Waals surface area contributed by atoms with E-state index in [-0.39, 0.29) is 0 Å². The number of aromatic nitrogens is 3. The Balaban J connectivity index is 1.25. The number of aliphatic carboxylic acids is 1. The maximum atomic E-state index is 11.9. The van der Waals surface area contributed by atoms with Crippen LogP contribution in [0.5, 0.6) is 0 Å². The molecule has 8 heteroatoms. The molecule has 0 unspecified atom stereocenters. The van der Waals surface area contributed by atoms with Crippen molar-refractivity contribution >= 4 is 28.5 Å². The minimum absolute atomic E-state index is 0.500. The third kappa shape index (κ3) is 6.20. The van der Waals surface area contributed by atoms with Gasteiger partial charge in [-0.25, -0.2) is 19.7 Å². The molecule has 1 atom stereocenters. The summed E-state index contributed by atoms with van der Waals surface area (Å²) in [6.45, 7) is 5.68. The summed E-state index contributed by atoms with van der Waals surface area (Å²) in [7, 11) is 0. The molecule has 0 aliphatic carbocycles. The molecule has 2 aromatic heterocycles. The van der Waals surface area contributed by atoms with Crippen LogP contribution in [0.15, 0.2) is 42.7 Å². The van der Waals surface area contributed by atoms with E-state index in [0.29, 0.717) is 18.8 Å². The zero-order valence-electron chi connectivity index (χ0n) is 19.8. The van der Waals surface area contributed by atoms with Gasteiger partial charge in [0.1, 0.15) is 24.0 Å². The lowest BCUT2D eigenvalue weighted by Gasteiger charge is -2.23. The van der Waals surface area contributed by atoms with E-state index < -0.39 is 12.0 Å². The molecule has 0 saturated carbocycles.